The monoisotopic (exact) mass is 437 g/mol. The SMILES string of the molecule is CCOC(=O)N[C@@H](CCCCC(=O)Nc1ccccc1NC(=O)OC(C)(C)C)C(=O)O. The molecule has 0 aliphatic rings. The Bertz CT molecular complexity index is 774. The topological polar surface area (TPSA) is 143 Å². The predicted molar refractivity (Wildman–Crippen MR) is 115 cm³/mol. The summed E-state index contributed by atoms with van der Waals surface area (Å²) in [5, 5.41) is 16.8. The van der Waals surface area contributed by atoms with Gasteiger partial charge in [0.25, 0.3) is 0 Å². The maximum Gasteiger partial charge on any atom is 0.412 e. The largest absolute Gasteiger partial charge is 0.480 e. The van der Waals surface area contributed by atoms with Crippen LogP contribution >= 0.6 is 0 Å². The molecule has 0 aromatic heterocycles. The van der Waals surface area contributed by atoms with Crippen LogP contribution in [0.1, 0.15) is 53.4 Å². The second kappa shape index (κ2) is 12.4. The van der Waals surface area contributed by atoms with E-state index in [4.69, 9.17) is 4.74 Å². The van der Waals surface area contributed by atoms with Crippen LogP contribution in [0.15, 0.2) is 24.3 Å². The Labute approximate surface area is 181 Å². The summed E-state index contributed by atoms with van der Waals surface area (Å²) in [4.78, 5) is 46.9. The molecule has 0 bridgehead atoms. The van der Waals surface area contributed by atoms with E-state index in [-0.39, 0.29) is 25.4 Å². The minimum Gasteiger partial charge on any atom is -0.480 e. The van der Waals surface area contributed by atoms with Crippen LogP contribution in [0.5, 0.6) is 0 Å². The molecule has 10 nitrogen and oxygen atoms in total. The van der Waals surface area contributed by atoms with Gasteiger partial charge in [-0.2, -0.15) is 0 Å². The summed E-state index contributed by atoms with van der Waals surface area (Å²) in [5.41, 5.74) is 0.165. The lowest BCUT2D eigenvalue weighted by Crippen LogP contribution is -2.41. The van der Waals surface area contributed by atoms with Crippen molar-refractivity contribution in [3.63, 3.8) is 0 Å². The van der Waals surface area contributed by atoms with Crippen molar-refractivity contribution < 1.29 is 33.8 Å². The van der Waals surface area contributed by atoms with Crippen LogP contribution in [-0.2, 0) is 19.1 Å². The molecule has 0 spiro atoms. The third-order valence-electron chi connectivity index (χ3n) is 3.85. The average molecular weight is 437 g/mol. The molecule has 1 aromatic carbocycles. The summed E-state index contributed by atoms with van der Waals surface area (Å²) in [5.74, 6) is -1.46. The molecular weight excluding hydrogens is 406 g/mol. The number of carbonyl (C=O) groups is 4. The van der Waals surface area contributed by atoms with Crippen molar-refractivity contribution in [2.45, 2.75) is 65.0 Å². The maximum absolute atomic E-state index is 12.3. The van der Waals surface area contributed by atoms with E-state index in [1.807, 2.05) is 0 Å². The number of amides is 3. The van der Waals surface area contributed by atoms with Crippen molar-refractivity contribution in [1.29, 1.82) is 0 Å². The van der Waals surface area contributed by atoms with Crippen molar-refractivity contribution in [3.05, 3.63) is 24.3 Å². The molecule has 172 valence electrons. The van der Waals surface area contributed by atoms with Gasteiger partial charge in [-0.15, -0.1) is 0 Å². The van der Waals surface area contributed by atoms with Crippen molar-refractivity contribution in [2.24, 2.45) is 0 Å². The maximum atomic E-state index is 12.3. The normalized spacial score (nSPS) is 11.7. The molecule has 0 unspecified atom stereocenters. The number of anilines is 2. The summed E-state index contributed by atoms with van der Waals surface area (Å²) >= 11 is 0. The van der Waals surface area contributed by atoms with Crippen LogP contribution in [0.4, 0.5) is 21.0 Å². The van der Waals surface area contributed by atoms with Crippen molar-refractivity contribution >= 4 is 35.4 Å². The first-order valence-corrected chi connectivity index (χ1v) is 10.1. The number of hydrogen-bond acceptors (Lipinski definition) is 6. The Hall–Kier alpha value is -3.30. The molecule has 4 N–H and O–H groups in total. The highest BCUT2D eigenvalue weighted by atomic mass is 16.6. The molecule has 0 aliphatic heterocycles. The molecular formula is C21H31N3O7. The number of carbonyl (C=O) groups excluding carboxylic acids is 3. The second-order valence-electron chi connectivity index (χ2n) is 7.72. The van der Waals surface area contributed by atoms with Crippen molar-refractivity contribution in [1.82, 2.24) is 5.32 Å². The second-order valence-corrected chi connectivity index (χ2v) is 7.72. The van der Waals surface area contributed by atoms with Crippen LogP contribution in [0.25, 0.3) is 0 Å². The summed E-state index contributed by atoms with van der Waals surface area (Å²) in [6, 6.07) is 5.63. The van der Waals surface area contributed by atoms with E-state index in [1.54, 1.807) is 52.0 Å². The van der Waals surface area contributed by atoms with Crippen LogP contribution in [0, 0.1) is 0 Å². The third-order valence-corrected chi connectivity index (χ3v) is 3.85. The molecule has 0 heterocycles. The number of nitrogens with one attached hydrogen (secondary N) is 3. The van der Waals surface area contributed by atoms with Gasteiger partial charge in [0.1, 0.15) is 11.6 Å². The number of unbranched alkanes of at least 4 members (excludes halogenated alkanes) is 1. The molecule has 1 atom stereocenters. The van der Waals surface area contributed by atoms with Crippen molar-refractivity contribution in [3.8, 4) is 0 Å². The quantitative estimate of drug-likeness (QED) is 0.408. The van der Waals surface area contributed by atoms with Crippen LogP contribution in [0.3, 0.4) is 0 Å². The van der Waals surface area contributed by atoms with Gasteiger partial charge in [0, 0.05) is 6.42 Å². The summed E-state index contributed by atoms with van der Waals surface area (Å²) < 4.78 is 9.90. The van der Waals surface area contributed by atoms with Gasteiger partial charge in [0.2, 0.25) is 5.91 Å². The molecule has 10 heteroatoms. The summed E-state index contributed by atoms with van der Waals surface area (Å²) in [7, 11) is 0. The standard InChI is InChI=1S/C21H31N3O7/c1-5-30-19(28)24-16(18(26)27)12-8-9-13-17(25)22-14-10-6-7-11-15(14)23-20(29)31-21(2,3)4/h6-7,10-11,16H,5,8-9,12-13H2,1-4H3,(H,22,25)(H,23,29)(H,24,28)(H,26,27)/t16-/m0/s1. The highest BCUT2D eigenvalue weighted by Gasteiger charge is 2.20. The van der Waals surface area contributed by atoms with Crippen LogP contribution in [-0.4, -0.2) is 47.4 Å². The Balaban J connectivity index is 2.52. The van der Waals surface area contributed by atoms with E-state index < -0.39 is 29.8 Å². The van der Waals surface area contributed by atoms with Gasteiger partial charge in [-0.1, -0.05) is 18.6 Å². The molecule has 0 saturated carbocycles. The van der Waals surface area contributed by atoms with Gasteiger partial charge >= 0.3 is 18.2 Å². The lowest BCUT2D eigenvalue weighted by atomic mass is 10.1. The number of carboxylic acids is 1. The minimum atomic E-state index is -1.17. The van der Waals surface area contributed by atoms with Gasteiger partial charge in [-0.25, -0.2) is 14.4 Å². The van der Waals surface area contributed by atoms with Gasteiger partial charge in [-0.3, -0.25) is 10.1 Å². The zero-order valence-corrected chi connectivity index (χ0v) is 18.3. The number of carboxylic acid groups (broad SMARTS) is 1. The van der Waals surface area contributed by atoms with Crippen LogP contribution in [0.2, 0.25) is 0 Å². The third kappa shape index (κ3) is 10.9. The fourth-order valence-electron chi connectivity index (χ4n) is 2.53. The highest BCUT2D eigenvalue weighted by molar-refractivity contribution is 5.97. The Morgan fingerprint density at radius 2 is 1.61 bits per heavy atom. The fourth-order valence-corrected chi connectivity index (χ4v) is 2.53. The van der Waals surface area contributed by atoms with E-state index in [0.29, 0.717) is 24.2 Å². The molecule has 3 amide bonds. The Morgan fingerprint density at radius 1 is 1.00 bits per heavy atom. The van der Waals surface area contributed by atoms with E-state index in [1.165, 1.54) is 0 Å². The molecule has 31 heavy (non-hydrogen) atoms. The molecule has 0 fully saturated rings. The molecule has 0 saturated heterocycles. The Kier molecular flexibility index (Phi) is 10.3. The lowest BCUT2D eigenvalue weighted by molar-refractivity contribution is -0.139. The van der Waals surface area contributed by atoms with E-state index in [9.17, 15) is 24.3 Å². The zero-order chi connectivity index (χ0) is 23.4. The number of aliphatic carboxylic acids is 1. The number of ether oxygens (including phenoxy) is 2. The summed E-state index contributed by atoms with van der Waals surface area (Å²) in [6.07, 6.45) is -0.286. The number of rotatable bonds is 10. The van der Waals surface area contributed by atoms with Gasteiger partial charge in [0.15, 0.2) is 0 Å². The molecule has 0 radical (unpaired) electrons. The average Bonchev–Trinajstić information content (AvgIpc) is 2.64. The first kappa shape index (κ1) is 25.7. The summed E-state index contributed by atoms with van der Waals surface area (Å²) in [6.45, 7) is 7.00. The smallest absolute Gasteiger partial charge is 0.412 e. The fraction of sp³-hybridized carbons (Fsp3) is 0.524. The number of alkyl carbamates (subject to hydrolysis) is 1. The van der Waals surface area contributed by atoms with Gasteiger partial charge in [0.05, 0.1) is 18.0 Å². The highest BCUT2D eigenvalue weighted by Crippen LogP contribution is 2.22. The molecule has 1 rings (SSSR count). The van der Waals surface area contributed by atoms with Gasteiger partial charge < -0.3 is 25.2 Å². The number of para-hydroxylation sites is 2. The van der Waals surface area contributed by atoms with Crippen LogP contribution < -0.4 is 16.0 Å². The molecule has 1 aromatic rings. The van der Waals surface area contributed by atoms with E-state index in [0.717, 1.165) is 0 Å². The molecule has 0 aliphatic carbocycles. The number of hydrogen-bond donors (Lipinski definition) is 4. The van der Waals surface area contributed by atoms with Crippen molar-refractivity contribution in [2.75, 3.05) is 17.2 Å². The predicted octanol–water partition coefficient (Wildman–Crippen LogP) is 3.73. The first-order valence-electron chi connectivity index (χ1n) is 10.1. The van der Waals surface area contributed by atoms with Gasteiger partial charge in [-0.05, 0) is 52.7 Å². The minimum absolute atomic E-state index is 0.141. The first-order chi connectivity index (χ1) is 14.5. The van der Waals surface area contributed by atoms with E-state index >= 15 is 0 Å². The van der Waals surface area contributed by atoms with E-state index in [2.05, 4.69) is 20.7 Å². The Morgan fingerprint density at radius 3 is 2.16 bits per heavy atom. The zero-order valence-electron chi connectivity index (χ0n) is 18.3. The number of benzene rings is 1. The lowest BCUT2D eigenvalue weighted by Gasteiger charge is -2.20.